The number of nitrogens with two attached hydrogens (primary N) is 1. The highest BCUT2D eigenvalue weighted by Crippen LogP contribution is 2.29. The number of nitrogens with zero attached hydrogens (tertiary/aromatic N) is 1. The van der Waals surface area contributed by atoms with Crippen LogP contribution in [0.1, 0.15) is 33.6 Å². The molecule has 1 aliphatic rings. The molecule has 16 heavy (non-hydrogen) atoms. The molecule has 0 radical (unpaired) electrons. The molecule has 3 heteroatoms. The molecule has 0 aliphatic carbocycles. The summed E-state index contributed by atoms with van der Waals surface area (Å²) >= 11 is 0. The van der Waals surface area contributed by atoms with Gasteiger partial charge in [0.05, 0.1) is 6.61 Å². The minimum Gasteiger partial charge on any atom is -0.380 e. The van der Waals surface area contributed by atoms with Crippen LogP contribution < -0.4 is 5.73 Å². The second-order valence-electron chi connectivity index (χ2n) is 5.83. The summed E-state index contributed by atoms with van der Waals surface area (Å²) in [4.78, 5) is 2.50. The monoisotopic (exact) mass is 228 g/mol. The Bertz CT molecular complexity index is 186. The molecule has 0 spiro atoms. The van der Waals surface area contributed by atoms with Gasteiger partial charge in [0.1, 0.15) is 0 Å². The Hall–Kier alpha value is -0.120. The highest BCUT2D eigenvalue weighted by atomic mass is 16.5. The molecule has 1 fully saturated rings. The van der Waals surface area contributed by atoms with Gasteiger partial charge in [-0.1, -0.05) is 20.8 Å². The molecule has 1 saturated heterocycles. The summed E-state index contributed by atoms with van der Waals surface area (Å²) in [7, 11) is 0. The van der Waals surface area contributed by atoms with Crippen LogP contribution in [0.4, 0.5) is 0 Å². The van der Waals surface area contributed by atoms with Crippen molar-refractivity contribution in [2.45, 2.75) is 33.6 Å². The normalized spacial score (nSPS) is 21.6. The van der Waals surface area contributed by atoms with Gasteiger partial charge in [-0.15, -0.1) is 0 Å². The zero-order chi connectivity index (χ0) is 12.0. The fraction of sp³-hybridized carbons (Fsp3) is 1.00. The van der Waals surface area contributed by atoms with E-state index in [1.165, 1.54) is 25.9 Å². The van der Waals surface area contributed by atoms with E-state index in [-0.39, 0.29) is 0 Å². The summed E-state index contributed by atoms with van der Waals surface area (Å²) < 4.78 is 5.61. The Morgan fingerprint density at radius 1 is 1.31 bits per heavy atom. The van der Waals surface area contributed by atoms with Crippen molar-refractivity contribution in [3.8, 4) is 0 Å². The second-order valence-corrected chi connectivity index (χ2v) is 5.83. The van der Waals surface area contributed by atoms with Crippen LogP contribution in [0.15, 0.2) is 0 Å². The van der Waals surface area contributed by atoms with Gasteiger partial charge in [-0.25, -0.2) is 0 Å². The molecule has 1 rings (SSSR count). The Balaban J connectivity index is 2.08. The largest absolute Gasteiger partial charge is 0.380 e. The summed E-state index contributed by atoms with van der Waals surface area (Å²) in [5.41, 5.74) is 6.18. The highest BCUT2D eigenvalue weighted by Gasteiger charge is 2.28. The summed E-state index contributed by atoms with van der Waals surface area (Å²) in [6, 6.07) is 0. The Morgan fingerprint density at radius 2 is 1.94 bits per heavy atom. The molecule has 0 amide bonds. The molecular formula is C13H28N2O. The maximum absolute atomic E-state index is 5.79. The van der Waals surface area contributed by atoms with Crippen molar-refractivity contribution < 1.29 is 4.74 Å². The molecule has 0 unspecified atom stereocenters. The zero-order valence-electron chi connectivity index (χ0n) is 11.2. The summed E-state index contributed by atoms with van der Waals surface area (Å²) in [6.45, 7) is 12.7. The van der Waals surface area contributed by atoms with E-state index in [1.54, 1.807) is 0 Å². The molecule has 2 N–H and O–H groups in total. The standard InChI is InChI=1S/C13H28N2O/c1-12(2)10-16-9-8-15-6-4-13(3,11-14)5-7-15/h12H,4-11,14H2,1-3H3. The number of hydrogen-bond donors (Lipinski definition) is 1. The fourth-order valence-corrected chi connectivity index (χ4v) is 2.03. The average molecular weight is 228 g/mol. The van der Waals surface area contributed by atoms with Gasteiger partial charge in [0.15, 0.2) is 0 Å². The summed E-state index contributed by atoms with van der Waals surface area (Å²) in [6.07, 6.45) is 2.46. The molecule has 0 aromatic heterocycles. The van der Waals surface area contributed by atoms with Crippen LogP contribution in [0.25, 0.3) is 0 Å². The maximum Gasteiger partial charge on any atom is 0.0593 e. The second kappa shape index (κ2) is 6.58. The topological polar surface area (TPSA) is 38.5 Å². The fourth-order valence-electron chi connectivity index (χ4n) is 2.03. The van der Waals surface area contributed by atoms with E-state index in [2.05, 4.69) is 25.7 Å². The smallest absolute Gasteiger partial charge is 0.0593 e. The van der Waals surface area contributed by atoms with Crippen molar-refractivity contribution in [1.82, 2.24) is 4.90 Å². The van der Waals surface area contributed by atoms with Gasteiger partial charge in [-0.2, -0.15) is 0 Å². The summed E-state index contributed by atoms with van der Waals surface area (Å²) in [5, 5.41) is 0. The van der Waals surface area contributed by atoms with Crippen LogP contribution in [-0.2, 0) is 4.74 Å². The van der Waals surface area contributed by atoms with Gasteiger partial charge in [-0.05, 0) is 43.8 Å². The molecule has 1 heterocycles. The molecule has 0 aromatic carbocycles. The van der Waals surface area contributed by atoms with Gasteiger partial charge in [0, 0.05) is 13.2 Å². The van der Waals surface area contributed by atoms with E-state index >= 15 is 0 Å². The molecule has 0 atom stereocenters. The van der Waals surface area contributed by atoms with Crippen molar-refractivity contribution in [1.29, 1.82) is 0 Å². The lowest BCUT2D eigenvalue weighted by Gasteiger charge is -2.38. The van der Waals surface area contributed by atoms with Gasteiger partial charge in [0.25, 0.3) is 0 Å². The number of hydrogen-bond acceptors (Lipinski definition) is 3. The Labute approximate surface area is 100 Å². The lowest BCUT2D eigenvalue weighted by Crippen LogP contribution is -2.43. The van der Waals surface area contributed by atoms with Gasteiger partial charge in [0.2, 0.25) is 0 Å². The molecular weight excluding hydrogens is 200 g/mol. The van der Waals surface area contributed by atoms with E-state index in [4.69, 9.17) is 10.5 Å². The van der Waals surface area contributed by atoms with Crippen LogP contribution in [0.3, 0.4) is 0 Å². The predicted molar refractivity (Wildman–Crippen MR) is 68.5 cm³/mol. The van der Waals surface area contributed by atoms with E-state index in [0.717, 1.165) is 26.3 Å². The molecule has 0 bridgehead atoms. The van der Waals surface area contributed by atoms with E-state index in [9.17, 15) is 0 Å². The third-order valence-electron chi connectivity index (χ3n) is 3.56. The summed E-state index contributed by atoms with van der Waals surface area (Å²) in [5.74, 6) is 0.641. The molecule has 96 valence electrons. The number of likely N-dealkylation sites (tertiary alicyclic amines) is 1. The minimum atomic E-state index is 0.384. The molecule has 1 aliphatic heterocycles. The first kappa shape index (κ1) is 13.9. The van der Waals surface area contributed by atoms with Crippen molar-refractivity contribution in [3.05, 3.63) is 0 Å². The predicted octanol–water partition coefficient (Wildman–Crippen LogP) is 1.72. The Morgan fingerprint density at radius 3 is 2.44 bits per heavy atom. The average Bonchev–Trinajstić information content (AvgIpc) is 2.27. The van der Waals surface area contributed by atoms with Gasteiger partial charge in [-0.3, -0.25) is 0 Å². The van der Waals surface area contributed by atoms with E-state index in [0.29, 0.717) is 11.3 Å². The van der Waals surface area contributed by atoms with Crippen molar-refractivity contribution in [2.75, 3.05) is 39.4 Å². The van der Waals surface area contributed by atoms with E-state index < -0.39 is 0 Å². The minimum absolute atomic E-state index is 0.384. The molecule has 0 aromatic rings. The first-order valence-corrected chi connectivity index (χ1v) is 6.56. The van der Waals surface area contributed by atoms with Crippen LogP contribution in [0.5, 0.6) is 0 Å². The van der Waals surface area contributed by atoms with Crippen LogP contribution in [0.2, 0.25) is 0 Å². The highest BCUT2D eigenvalue weighted by molar-refractivity contribution is 4.82. The van der Waals surface area contributed by atoms with E-state index in [1.807, 2.05) is 0 Å². The zero-order valence-corrected chi connectivity index (χ0v) is 11.2. The molecule has 0 saturated carbocycles. The number of piperidine rings is 1. The van der Waals surface area contributed by atoms with Gasteiger partial charge >= 0.3 is 0 Å². The van der Waals surface area contributed by atoms with Crippen LogP contribution in [0, 0.1) is 11.3 Å². The number of ether oxygens (including phenoxy) is 1. The van der Waals surface area contributed by atoms with Gasteiger partial charge < -0.3 is 15.4 Å². The molecule has 3 nitrogen and oxygen atoms in total. The maximum atomic E-state index is 5.79. The van der Waals surface area contributed by atoms with Crippen molar-refractivity contribution in [2.24, 2.45) is 17.1 Å². The lowest BCUT2D eigenvalue weighted by molar-refractivity contribution is 0.0608. The Kier molecular flexibility index (Phi) is 5.73. The lowest BCUT2D eigenvalue weighted by atomic mass is 9.80. The SMILES string of the molecule is CC(C)COCCN1CCC(C)(CN)CC1. The third-order valence-corrected chi connectivity index (χ3v) is 3.56. The van der Waals surface area contributed by atoms with Crippen molar-refractivity contribution >= 4 is 0 Å². The van der Waals surface area contributed by atoms with Crippen molar-refractivity contribution in [3.63, 3.8) is 0 Å². The quantitative estimate of drug-likeness (QED) is 0.704. The third kappa shape index (κ3) is 4.81. The van der Waals surface area contributed by atoms with Crippen LogP contribution >= 0.6 is 0 Å². The van der Waals surface area contributed by atoms with Crippen LogP contribution in [-0.4, -0.2) is 44.3 Å². The first-order valence-electron chi connectivity index (χ1n) is 6.56. The first-order chi connectivity index (χ1) is 7.56. The number of rotatable bonds is 6.